The van der Waals surface area contributed by atoms with E-state index in [4.69, 9.17) is 9.84 Å². The lowest BCUT2D eigenvalue weighted by Gasteiger charge is -2.07. The number of carbonyl (C=O) groups excluding carboxylic acids is 1. The zero-order valence-electron chi connectivity index (χ0n) is 12.2. The van der Waals surface area contributed by atoms with Gasteiger partial charge >= 0.3 is 11.9 Å². The van der Waals surface area contributed by atoms with E-state index in [0.29, 0.717) is 6.42 Å². The summed E-state index contributed by atoms with van der Waals surface area (Å²) in [4.78, 5) is 22.8. The molecule has 0 heterocycles. The number of aryl methyl sites for hydroxylation is 1. The SMILES string of the molecule is O=C(CCCCc1ccccc1)Oc1ccccc1C(=O)O. The number of hydrogen-bond acceptors (Lipinski definition) is 3. The zero-order valence-corrected chi connectivity index (χ0v) is 12.2. The molecule has 0 fully saturated rings. The van der Waals surface area contributed by atoms with Crippen molar-refractivity contribution < 1.29 is 19.4 Å². The van der Waals surface area contributed by atoms with Crippen LogP contribution in [-0.4, -0.2) is 17.0 Å². The van der Waals surface area contributed by atoms with Gasteiger partial charge in [0, 0.05) is 6.42 Å². The van der Waals surface area contributed by atoms with E-state index in [1.807, 2.05) is 18.2 Å². The van der Waals surface area contributed by atoms with Gasteiger partial charge in [0.15, 0.2) is 0 Å². The Bertz CT molecular complexity index is 635. The number of carboxylic acid groups (broad SMARTS) is 1. The normalized spacial score (nSPS) is 10.2. The van der Waals surface area contributed by atoms with Crippen molar-refractivity contribution in [3.63, 3.8) is 0 Å². The van der Waals surface area contributed by atoms with Crippen molar-refractivity contribution in [1.82, 2.24) is 0 Å². The molecule has 0 atom stereocenters. The molecule has 0 unspecified atom stereocenters. The van der Waals surface area contributed by atoms with Crippen LogP contribution in [0, 0.1) is 0 Å². The summed E-state index contributed by atoms with van der Waals surface area (Å²) >= 11 is 0. The highest BCUT2D eigenvalue weighted by Gasteiger charge is 2.13. The number of hydrogen-bond donors (Lipinski definition) is 1. The van der Waals surface area contributed by atoms with E-state index in [2.05, 4.69) is 12.1 Å². The molecular formula is C18H18O4. The molecule has 0 aliphatic rings. The number of ether oxygens (including phenoxy) is 1. The van der Waals surface area contributed by atoms with Gasteiger partial charge in [0.05, 0.1) is 0 Å². The number of unbranched alkanes of at least 4 members (excludes halogenated alkanes) is 1. The number of aromatic carboxylic acids is 1. The second-order valence-corrected chi connectivity index (χ2v) is 4.97. The molecule has 0 spiro atoms. The minimum atomic E-state index is -1.10. The molecule has 22 heavy (non-hydrogen) atoms. The smallest absolute Gasteiger partial charge is 0.339 e. The van der Waals surface area contributed by atoms with Crippen LogP contribution >= 0.6 is 0 Å². The van der Waals surface area contributed by atoms with Crippen LogP contribution in [0.2, 0.25) is 0 Å². The van der Waals surface area contributed by atoms with Gasteiger partial charge in [0.2, 0.25) is 0 Å². The Labute approximate surface area is 129 Å². The van der Waals surface area contributed by atoms with Crippen LogP contribution in [0.5, 0.6) is 5.75 Å². The van der Waals surface area contributed by atoms with Gasteiger partial charge in [-0.15, -0.1) is 0 Å². The van der Waals surface area contributed by atoms with Crippen molar-refractivity contribution in [2.45, 2.75) is 25.7 Å². The number of benzene rings is 2. The summed E-state index contributed by atoms with van der Waals surface area (Å²) < 4.78 is 5.14. The molecule has 114 valence electrons. The van der Waals surface area contributed by atoms with E-state index < -0.39 is 11.9 Å². The van der Waals surface area contributed by atoms with Crippen molar-refractivity contribution in [2.75, 3.05) is 0 Å². The summed E-state index contributed by atoms with van der Waals surface area (Å²) in [6.45, 7) is 0. The van der Waals surface area contributed by atoms with Crippen molar-refractivity contribution >= 4 is 11.9 Å². The quantitative estimate of drug-likeness (QED) is 0.481. The van der Waals surface area contributed by atoms with Crippen LogP contribution in [-0.2, 0) is 11.2 Å². The van der Waals surface area contributed by atoms with Gasteiger partial charge in [0.1, 0.15) is 11.3 Å². The highest BCUT2D eigenvalue weighted by atomic mass is 16.5. The Morgan fingerprint density at radius 1 is 0.909 bits per heavy atom. The van der Waals surface area contributed by atoms with E-state index in [9.17, 15) is 9.59 Å². The molecule has 0 aromatic heterocycles. The van der Waals surface area contributed by atoms with Gasteiger partial charge in [0.25, 0.3) is 0 Å². The molecule has 2 aromatic carbocycles. The van der Waals surface area contributed by atoms with E-state index >= 15 is 0 Å². The van der Waals surface area contributed by atoms with E-state index in [1.54, 1.807) is 12.1 Å². The highest BCUT2D eigenvalue weighted by Crippen LogP contribution is 2.18. The Hall–Kier alpha value is -2.62. The van der Waals surface area contributed by atoms with Crippen LogP contribution in [0.1, 0.15) is 35.2 Å². The molecule has 0 bridgehead atoms. The third-order valence-corrected chi connectivity index (χ3v) is 3.28. The zero-order chi connectivity index (χ0) is 15.8. The molecule has 0 saturated heterocycles. The Balaban J connectivity index is 1.78. The van der Waals surface area contributed by atoms with Gasteiger partial charge < -0.3 is 9.84 Å². The lowest BCUT2D eigenvalue weighted by Crippen LogP contribution is -2.11. The molecule has 1 N–H and O–H groups in total. The van der Waals surface area contributed by atoms with Gasteiger partial charge in [-0.2, -0.15) is 0 Å². The third kappa shape index (κ3) is 4.74. The molecule has 4 heteroatoms. The first kappa shape index (κ1) is 15.8. The molecule has 0 aliphatic heterocycles. The van der Waals surface area contributed by atoms with Crippen LogP contribution in [0.3, 0.4) is 0 Å². The molecule has 2 aromatic rings. The monoisotopic (exact) mass is 298 g/mol. The second-order valence-electron chi connectivity index (χ2n) is 4.97. The van der Waals surface area contributed by atoms with Gasteiger partial charge in [-0.1, -0.05) is 42.5 Å². The standard InChI is InChI=1S/C18H18O4/c19-17(13-7-4-10-14-8-2-1-3-9-14)22-16-12-6-5-11-15(16)18(20)21/h1-3,5-6,8-9,11-12H,4,7,10,13H2,(H,20,21). The lowest BCUT2D eigenvalue weighted by molar-refractivity contribution is -0.134. The average Bonchev–Trinajstić information content (AvgIpc) is 2.53. The summed E-state index contributed by atoms with van der Waals surface area (Å²) in [5.74, 6) is -1.41. The van der Waals surface area contributed by atoms with Crippen molar-refractivity contribution in [1.29, 1.82) is 0 Å². The number of para-hydroxylation sites is 1. The van der Waals surface area contributed by atoms with E-state index in [0.717, 1.165) is 12.8 Å². The summed E-state index contributed by atoms with van der Waals surface area (Å²) in [6, 6.07) is 16.2. The summed E-state index contributed by atoms with van der Waals surface area (Å²) in [7, 11) is 0. The van der Waals surface area contributed by atoms with Crippen LogP contribution in [0.25, 0.3) is 0 Å². The molecular weight excluding hydrogens is 280 g/mol. The van der Waals surface area contributed by atoms with E-state index in [-0.39, 0.29) is 17.7 Å². The van der Waals surface area contributed by atoms with Crippen LogP contribution < -0.4 is 4.74 Å². The van der Waals surface area contributed by atoms with Crippen LogP contribution in [0.15, 0.2) is 54.6 Å². The number of carbonyl (C=O) groups is 2. The minimum absolute atomic E-state index is 0.000126. The first-order valence-electron chi connectivity index (χ1n) is 7.24. The van der Waals surface area contributed by atoms with Gasteiger partial charge in [-0.3, -0.25) is 4.79 Å². The molecule has 0 radical (unpaired) electrons. The molecule has 2 rings (SSSR count). The number of rotatable bonds is 7. The number of carboxylic acids is 1. The molecule has 4 nitrogen and oxygen atoms in total. The highest BCUT2D eigenvalue weighted by molar-refractivity contribution is 5.91. The molecule has 0 amide bonds. The van der Waals surface area contributed by atoms with Gasteiger partial charge in [-0.05, 0) is 37.0 Å². The largest absolute Gasteiger partial charge is 0.478 e. The average molecular weight is 298 g/mol. The molecule has 0 saturated carbocycles. The van der Waals surface area contributed by atoms with Crippen molar-refractivity contribution in [3.8, 4) is 5.75 Å². The maximum atomic E-state index is 11.8. The fraction of sp³-hybridized carbons (Fsp3) is 0.222. The Kier molecular flexibility index (Phi) is 5.72. The predicted octanol–water partition coefficient (Wildman–Crippen LogP) is 3.70. The maximum absolute atomic E-state index is 11.8. The fourth-order valence-electron chi connectivity index (χ4n) is 2.15. The summed E-state index contributed by atoms with van der Waals surface area (Å²) in [5.41, 5.74) is 1.24. The van der Waals surface area contributed by atoms with Crippen LogP contribution in [0.4, 0.5) is 0 Å². The second kappa shape index (κ2) is 7.98. The minimum Gasteiger partial charge on any atom is -0.478 e. The molecule has 0 aliphatic carbocycles. The maximum Gasteiger partial charge on any atom is 0.339 e. The summed E-state index contributed by atoms with van der Waals surface area (Å²) in [6.07, 6.45) is 2.79. The topological polar surface area (TPSA) is 63.6 Å². The predicted molar refractivity (Wildman–Crippen MR) is 83.0 cm³/mol. The first-order chi connectivity index (χ1) is 10.7. The van der Waals surface area contributed by atoms with E-state index in [1.165, 1.54) is 17.7 Å². The Morgan fingerprint density at radius 2 is 1.59 bits per heavy atom. The third-order valence-electron chi connectivity index (χ3n) is 3.28. The fourth-order valence-corrected chi connectivity index (χ4v) is 2.15. The van der Waals surface area contributed by atoms with Crippen molar-refractivity contribution in [2.24, 2.45) is 0 Å². The summed E-state index contributed by atoms with van der Waals surface area (Å²) in [5, 5.41) is 9.03. The lowest BCUT2D eigenvalue weighted by atomic mass is 10.1. The Morgan fingerprint density at radius 3 is 2.32 bits per heavy atom. The van der Waals surface area contributed by atoms with Crippen molar-refractivity contribution in [3.05, 3.63) is 65.7 Å². The first-order valence-corrected chi connectivity index (χ1v) is 7.24. The number of esters is 1. The van der Waals surface area contributed by atoms with Gasteiger partial charge in [-0.25, -0.2) is 4.79 Å².